The zero-order valence-corrected chi connectivity index (χ0v) is 10.1. The predicted octanol–water partition coefficient (Wildman–Crippen LogP) is 0.171. The molecule has 0 aromatic heterocycles. The lowest BCUT2D eigenvalue weighted by atomic mass is 10.2. The Bertz CT molecular complexity index is 456. The molecule has 2 N–H and O–H groups in total. The first-order valence-corrected chi connectivity index (χ1v) is 6.87. The Morgan fingerprint density at radius 2 is 1.88 bits per heavy atom. The van der Waals surface area contributed by atoms with Gasteiger partial charge in [-0.05, 0) is 6.42 Å². The molecule has 0 saturated heterocycles. The molecule has 1 aromatic carbocycles. The molecule has 0 atom stereocenters. The number of aliphatic hydroxyl groups excluding tert-OH is 1. The van der Waals surface area contributed by atoms with Gasteiger partial charge in [-0.2, -0.15) is 0 Å². The Morgan fingerprint density at radius 1 is 1.24 bits per heavy atom. The Kier molecular flexibility index (Phi) is 5.27. The molecule has 0 saturated carbocycles. The minimum atomic E-state index is -3.61. The number of aliphatic hydroxyl groups is 1. The van der Waals surface area contributed by atoms with Crippen LogP contribution in [0.4, 0.5) is 0 Å². The second-order valence-electron chi connectivity index (χ2n) is 3.52. The number of carbonyl (C=O) groups excluding carboxylic acids is 1. The van der Waals surface area contributed by atoms with Gasteiger partial charge in [0.1, 0.15) is 5.75 Å². The van der Waals surface area contributed by atoms with Crippen molar-refractivity contribution >= 4 is 15.8 Å². The highest BCUT2D eigenvalue weighted by molar-refractivity contribution is 7.90. The summed E-state index contributed by atoms with van der Waals surface area (Å²) in [6.45, 7) is 0.0516. The van der Waals surface area contributed by atoms with E-state index in [0.29, 0.717) is 12.0 Å². The van der Waals surface area contributed by atoms with Gasteiger partial charge in [-0.1, -0.05) is 30.3 Å². The fourth-order valence-corrected chi connectivity index (χ4v) is 2.31. The minimum Gasteiger partial charge on any atom is -0.396 e. The second kappa shape index (κ2) is 6.48. The summed E-state index contributed by atoms with van der Waals surface area (Å²) in [6.07, 6.45) is 0.332. The lowest BCUT2D eigenvalue weighted by molar-refractivity contribution is 0.102. The highest BCUT2D eigenvalue weighted by Gasteiger charge is 2.16. The summed E-state index contributed by atoms with van der Waals surface area (Å²) in [6, 6.07) is 8.26. The van der Waals surface area contributed by atoms with Gasteiger partial charge in [-0.25, -0.2) is 13.1 Å². The molecule has 1 aromatic rings. The lowest BCUT2D eigenvalue weighted by Crippen LogP contribution is -2.31. The average Bonchev–Trinajstić information content (AvgIpc) is 2.30. The Labute approximate surface area is 101 Å². The maximum absolute atomic E-state index is 11.6. The molecule has 6 heteroatoms. The van der Waals surface area contributed by atoms with Crippen LogP contribution in [0.15, 0.2) is 30.3 Å². The molecule has 17 heavy (non-hydrogen) atoms. The van der Waals surface area contributed by atoms with Crippen LogP contribution in [-0.2, 0) is 10.0 Å². The number of hydrogen-bond donors (Lipinski definition) is 2. The summed E-state index contributed by atoms with van der Waals surface area (Å²) in [5, 5.41) is 8.52. The first kappa shape index (κ1) is 13.8. The maximum atomic E-state index is 11.6. The Balaban J connectivity index is 2.56. The van der Waals surface area contributed by atoms with Crippen LogP contribution in [0.5, 0.6) is 0 Å². The molecule has 94 valence electrons. The molecule has 0 radical (unpaired) electrons. The van der Waals surface area contributed by atoms with Crippen LogP contribution in [0.1, 0.15) is 16.8 Å². The van der Waals surface area contributed by atoms with E-state index in [1.54, 1.807) is 30.3 Å². The third-order valence-corrected chi connectivity index (χ3v) is 3.36. The second-order valence-corrected chi connectivity index (χ2v) is 5.33. The fraction of sp³-hybridized carbons (Fsp3) is 0.364. The van der Waals surface area contributed by atoms with E-state index in [9.17, 15) is 13.2 Å². The summed E-state index contributed by atoms with van der Waals surface area (Å²) in [5.74, 6) is -1.01. The quantitative estimate of drug-likeness (QED) is 0.539. The van der Waals surface area contributed by atoms with E-state index in [0.717, 1.165) is 0 Å². The van der Waals surface area contributed by atoms with E-state index < -0.39 is 21.6 Å². The topological polar surface area (TPSA) is 83.5 Å². The zero-order valence-electron chi connectivity index (χ0n) is 9.30. The molecule has 0 fully saturated rings. The molecule has 0 aliphatic rings. The van der Waals surface area contributed by atoms with E-state index in [-0.39, 0.29) is 13.2 Å². The van der Waals surface area contributed by atoms with Gasteiger partial charge in [0.25, 0.3) is 0 Å². The number of nitrogens with one attached hydrogen (secondary N) is 1. The summed E-state index contributed by atoms with van der Waals surface area (Å²) < 4.78 is 25.2. The molecule has 5 nitrogen and oxygen atoms in total. The standard InChI is InChI=1S/C11H15NO4S/c13-8-4-7-12-17(15,16)9-11(14)10-5-2-1-3-6-10/h1-3,5-6,12-13H,4,7-9H2. The van der Waals surface area contributed by atoms with Crippen LogP contribution in [0.25, 0.3) is 0 Å². The normalized spacial score (nSPS) is 11.4. The highest BCUT2D eigenvalue weighted by atomic mass is 32.2. The number of ketones is 1. The van der Waals surface area contributed by atoms with Crippen molar-refractivity contribution in [3.05, 3.63) is 35.9 Å². The number of rotatable bonds is 7. The molecule has 0 bridgehead atoms. The van der Waals surface area contributed by atoms with E-state index >= 15 is 0 Å². The number of carbonyl (C=O) groups is 1. The van der Waals surface area contributed by atoms with Crippen molar-refractivity contribution in [1.29, 1.82) is 0 Å². The van der Waals surface area contributed by atoms with Crippen LogP contribution >= 0.6 is 0 Å². The van der Waals surface area contributed by atoms with Gasteiger partial charge >= 0.3 is 0 Å². The van der Waals surface area contributed by atoms with E-state index in [1.165, 1.54) is 0 Å². The van der Waals surface area contributed by atoms with Gasteiger partial charge in [0.15, 0.2) is 5.78 Å². The van der Waals surface area contributed by atoms with Crippen molar-refractivity contribution in [3.8, 4) is 0 Å². The van der Waals surface area contributed by atoms with Crippen LogP contribution in [0, 0.1) is 0 Å². The lowest BCUT2D eigenvalue weighted by Gasteiger charge is -2.05. The predicted molar refractivity (Wildman–Crippen MR) is 64.3 cm³/mol. The Hall–Kier alpha value is -1.24. The van der Waals surface area contributed by atoms with Gasteiger partial charge in [-0.15, -0.1) is 0 Å². The highest BCUT2D eigenvalue weighted by Crippen LogP contribution is 2.01. The zero-order chi connectivity index (χ0) is 12.7. The average molecular weight is 257 g/mol. The van der Waals surface area contributed by atoms with Gasteiger partial charge in [0, 0.05) is 18.7 Å². The van der Waals surface area contributed by atoms with Gasteiger partial charge in [-0.3, -0.25) is 4.79 Å². The third kappa shape index (κ3) is 5.08. The summed E-state index contributed by atoms with van der Waals surface area (Å²) in [5.41, 5.74) is 0.375. The number of benzene rings is 1. The number of Topliss-reactive ketones (excluding diaryl/α,β-unsaturated/α-hetero) is 1. The van der Waals surface area contributed by atoms with Crippen LogP contribution in [0.2, 0.25) is 0 Å². The molecule has 0 amide bonds. The van der Waals surface area contributed by atoms with Crippen LogP contribution < -0.4 is 4.72 Å². The van der Waals surface area contributed by atoms with Crippen LogP contribution in [-0.4, -0.2) is 38.2 Å². The molecule has 0 aliphatic heterocycles. The van der Waals surface area contributed by atoms with E-state index in [4.69, 9.17) is 5.11 Å². The maximum Gasteiger partial charge on any atom is 0.219 e. The minimum absolute atomic E-state index is 0.0881. The summed E-state index contributed by atoms with van der Waals surface area (Å²) in [7, 11) is -3.61. The molecular formula is C11H15NO4S. The SMILES string of the molecule is O=C(CS(=O)(=O)NCCCO)c1ccccc1. The van der Waals surface area contributed by atoms with E-state index in [2.05, 4.69) is 4.72 Å². The summed E-state index contributed by atoms with van der Waals surface area (Å²) >= 11 is 0. The Morgan fingerprint density at radius 3 is 2.47 bits per heavy atom. The molecule has 0 heterocycles. The fourth-order valence-electron chi connectivity index (χ4n) is 1.24. The van der Waals surface area contributed by atoms with E-state index in [1.807, 2.05) is 0 Å². The van der Waals surface area contributed by atoms with Gasteiger partial charge in [0.05, 0.1) is 0 Å². The molecule has 0 unspecified atom stereocenters. The third-order valence-electron chi connectivity index (χ3n) is 2.07. The largest absolute Gasteiger partial charge is 0.396 e. The van der Waals surface area contributed by atoms with Crippen molar-refractivity contribution in [3.63, 3.8) is 0 Å². The van der Waals surface area contributed by atoms with Crippen molar-refractivity contribution in [1.82, 2.24) is 4.72 Å². The summed E-state index contributed by atoms with van der Waals surface area (Å²) in [4.78, 5) is 11.6. The van der Waals surface area contributed by atoms with Gasteiger partial charge in [0.2, 0.25) is 10.0 Å². The molecule has 0 aliphatic carbocycles. The smallest absolute Gasteiger partial charge is 0.219 e. The van der Waals surface area contributed by atoms with Crippen molar-refractivity contribution < 1.29 is 18.3 Å². The number of sulfonamides is 1. The van der Waals surface area contributed by atoms with Gasteiger partial charge < -0.3 is 5.11 Å². The van der Waals surface area contributed by atoms with Crippen LogP contribution in [0.3, 0.4) is 0 Å². The monoisotopic (exact) mass is 257 g/mol. The first-order chi connectivity index (χ1) is 8.05. The molecule has 0 spiro atoms. The number of hydrogen-bond acceptors (Lipinski definition) is 4. The van der Waals surface area contributed by atoms with Crippen molar-refractivity contribution in [2.24, 2.45) is 0 Å². The first-order valence-electron chi connectivity index (χ1n) is 5.21. The van der Waals surface area contributed by atoms with Crippen molar-refractivity contribution in [2.75, 3.05) is 18.9 Å². The molecular weight excluding hydrogens is 242 g/mol. The van der Waals surface area contributed by atoms with Crippen molar-refractivity contribution in [2.45, 2.75) is 6.42 Å². The molecule has 1 rings (SSSR count).